The van der Waals surface area contributed by atoms with E-state index in [0.29, 0.717) is 17.9 Å². The van der Waals surface area contributed by atoms with E-state index in [4.69, 9.17) is 0 Å². The number of rotatable bonds is 6. The predicted molar refractivity (Wildman–Crippen MR) is 113 cm³/mol. The zero-order valence-corrected chi connectivity index (χ0v) is 17.8. The van der Waals surface area contributed by atoms with Crippen molar-refractivity contribution in [3.63, 3.8) is 0 Å². The number of likely N-dealkylation sites (tertiary alicyclic amines) is 1. The Morgan fingerprint density at radius 3 is 2.41 bits per heavy atom. The van der Waals surface area contributed by atoms with Crippen LogP contribution in [0.4, 0.5) is 4.79 Å². The van der Waals surface area contributed by atoms with Gasteiger partial charge in [0.1, 0.15) is 0 Å². The molecule has 2 amide bonds. The first kappa shape index (κ1) is 20.2. The molecule has 1 aliphatic heterocycles. The second-order valence-electron chi connectivity index (χ2n) is 9.35. The number of nitrogens with zero attached hydrogens (tertiary/aromatic N) is 1. The molecule has 158 valence electrons. The second-order valence-corrected chi connectivity index (χ2v) is 9.35. The summed E-state index contributed by atoms with van der Waals surface area (Å²) in [5.74, 6) is 1.52. The highest BCUT2D eigenvalue weighted by Gasteiger charge is 2.47. The molecule has 0 radical (unpaired) electrons. The molecule has 5 heteroatoms. The van der Waals surface area contributed by atoms with Crippen molar-refractivity contribution in [3.05, 3.63) is 35.4 Å². The third-order valence-electron chi connectivity index (χ3n) is 7.45. The van der Waals surface area contributed by atoms with Gasteiger partial charge in [0.25, 0.3) is 0 Å². The Labute approximate surface area is 174 Å². The third-order valence-corrected chi connectivity index (χ3v) is 7.45. The lowest BCUT2D eigenvalue weighted by molar-refractivity contribution is -0.139. The largest absolute Gasteiger partial charge is 0.453 e. The molecule has 1 N–H and O–H groups in total. The van der Waals surface area contributed by atoms with Crippen LogP contribution >= 0.6 is 0 Å². The Morgan fingerprint density at radius 1 is 1.17 bits per heavy atom. The minimum absolute atomic E-state index is 0.164. The SMILES string of the molecule is CCC(CNC(=O)OC)C(=O)N1CCC2(CC1)CC(c1cccc(C3CC3)c1)C2. The standard InChI is InChI=1S/C24H34N2O3/c1-3-17(16-25-23(28)29-2)22(27)26-11-9-24(10-12-26)14-21(15-24)20-6-4-5-19(13-20)18-7-8-18/h4-6,13,17-18,21H,3,7-12,14-16H2,1-2H3,(H,25,28). The molecular formula is C24H34N2O3. The minimum Gasteiger partial charge on any atom is -0.453 e. The maximum atomic E-state index is 12.9. The summed E-state index contributed by atoms with van der Waals surface area (Å²) in [4.78, 5) is 26.2. The van der Waals surface area contributed by atoms with E-state index in [-0.39, 0.29) is 11.8 Å². The highest BCUT2D eigenvalue weighted by atomic mass is 16.5. The van der Waals surface area contributed by atoms with Crippen LogP contribution in [0, 0.1) is 11.3 Å². The number of ether oxygens (including phenoxy) is 1. The molecule has 3 aliphatic rings. The Morgan fingerprint density at radius 2 is 1.83 bits per heavy atom. The van der Waals surface area contributed by atoms with Gasteiger partial charge < -0.3 is 15.0 Å². The number of hydrogen-bond acceptors (Lipinski definition) is 3. The summed E-state index contributed by atoms with van der Waals surface area (Å²) < 4.78 is 4.62. The van der Waals surface area contributed by atoms with E-state index in [1.165, 1.54) is 43.9 Å². The highest BCUT2D eigenvalue weighted by molar-refractivity contribution is 5.80. The van der Waals surface area contributed by atoms with Crippen LogP contribution in [0.15, 0.2) is 24.3 Å². The van der Waals surface area contributed by atoms with Crippen molar-refractivity contribution in [1.82, 2.24) is 10.2 Å². The molecule has 2 aliphatic carbocycles. The molecule has 1 unspecified atom stereocenters. The van der Waals surface area contributed by atoms with Crippen molar-refractivity contribution >= 4 is 12.0 Å². The fourth-order valence-corrected chi connectivity index (χ4v) is 5.26. The van der Waals surface area contributed by atoms with Gasteiger partial charge in [0, 0.05) is 19.6 Å². The average molecular weight is 399 g/mol. The van der Waals surface area contributed by atoms with Gasteiger partial charge >= 0.3 is 6.09 Å². The van der Waals surface area contributed by atoms with Gasteiger partial charge in [0.15, 0.2) is 0 Å². The zero-order valence-electron chi connectivity index (χ0n) is 17.8. The van der Waals surface area contributed by atoms with Crippen LogP contribution in [0.2, 0.25) is 0 Å². The molecule has 5 nitrogen and oxygen atoms in total. The molecule has 1 heterocycles. The lowest BCUT2D eigenvalue weighted by Gasteiger charge is -2.53. The number of hydrogen-bond donors (Lipinski definition) is 1. The molecule has 3 fully saturated rings. The molecule has 1 spiro atoms. The van der Waals surface area contributed by atoms with Crippen LogP contribution in [0.5, 0.6) is 0 Å². The number of carbonyl (C=O) groups is 2. The molecule has 1 aromatic carbocycles. The number of methoxy groups -OCH3 is 1. The first-order chi connectivity index (χ1) is 14.0. The average Bonchev–Trinajstić information content (AvgIpc) is 3.57. The lowest BCUT2D eigenvalue weighted by atomic mass is 9.56. The topological polar surface area (TPSA) is 58.6 Å². The Bertz CT molecular complexity index is 742. The van der Waals surface area contributed by atoms with Gasteiger partial charge in [0.2, 0.25) is 5.91 Å². The summed E-state index contributed by atoms with van der Waals surface area (Å²) in [5.41, 5.74) is 3.50. The molecule has 1 atom stereocenters. The molecule has 29 heavy (non-hydrogen) atoms. The summed E-state index contributed by atoms with van der Waals surface area (Å²) in [5, 5.41) is 2.67. The van der Waals surface area contributed by atoms with Crippen LogP contribution < -0.4 is 5.32 Å². The van der Waals surface area contributed by atoms with Crippen LogP contribution in [-0.2, 0) is 9.53 Å². The van der Waals surface area contributed by atoms with E-state index in [0.717, 1.165) is 38.3 Å². The number of benzene rings is 1. The number of amides is 2. The second kappa shape index (κ2) is 8.37. The Kier molecular flexibility index (Phi) is 5.84. The van der Waals surface area contributed by atoms with Gasteiger partial charge in [-0.15, -0.1) is 0 Å². The lowest BCUT2D eigenvalue weighted by Crippen LogP contribution is -2.50. The fourth-order valence-electron chi connectivity index (χ4n) is 5.26. The molecule has 1 aromatic rings. The smallest absolute Gasteiger partial charge is 0.406 e. The van der Waals surface area contributed by atoms with Crippen molar-refractivity contribution in [3.8, 4) is 0 Å². The van der Waals surface area contributed by atoms with Crippen molar-refractivity contribution in [2.45, 2.75) is 63.7 Å². The molecule has 4 rings (SSSR count). The van der Waals surface area contributed by atoms with Crippen molar-refractivity contribution in [1.29, 1.82) is 0 Å². The van der Waals surface area contributed by atoms with Crippen LogP contribution in [0.3, 0.4) is 0 Å². The first-order valence-corrected chi connectivity index (χ1v) is 11.2. The Hall–Kier alpha value is -2.04. The summed E-state index contributed by atoms with van der Waals surface area (Å²) in [6.07, 6.45) is 7.72. The maximum Gasteiger partial charge on any atom is 0.406 e. The van der Waals surface area contributed by atoms with Crippen LogP contribution in [-0.4, -0.2) is 43.6 Å². The van der Waals surface area contributed by atoms with Crippen LogP contribution in [0.1, 0.15) is 74.8 Å². The van der Waals surface area contributed by atoms with Gasteiger partial charge in [-0.25, -0.2) is 4.79 Å². The van der Waals surface area contributed by atoms with Crippen molar-refractivity contribution < 1.29 is 14.3 Å². The molecule has 2 saturated carbocycles. The third kappa shape index (κ3) is 4.44. The van der Waals surface area contributed by atoms with Gasteiger partial charge in [-0.3, -0.25) is 4.79 Å². The first-order valence-electron chi connectivity index (χ1n) is 11.2. The quantitative estimate of drug-likeness (QED) is 0.771. The highest BCUT2D eigenvalue weighted by Crippen LogP contribution is 2.57. The molecule has 1 saturated heterocycles. The van der Waals surface area contributed by atoms with E-state index >= 15 is 0 Å². The van der Waals surface area contributed by atoms with Gasteiger partial charge in [-0.1, -0.05) is 31.2 Å². The van der Waals surface area contributed by atoms with E-state index in [1.54, 1.807) is 0 Å². The van der Waals surface area contributed by atoms with E-state index in [2.05, 4.69) is 34.3 Å². The maximum absolute atomic E-state index is 12.9. The summed E-state index contributed by atoms with van der Waals surface area (Å²) in [6.45, 7) is 4.05. The van der Waals surface area contributed by atoms with Gasteiger partial charge in [-0.05, 0) is 73.3 Å². The zero-order chi connectivity index (χ0) is 20.4. The van der Waals surface area contributed by atoms with Gasteiger partial charge in [-0.2, -0.15) is 0 Å². The van der Waals surface area contributed by atoms with Crippen LogP contribution in [0.25, 0.3) is 0 Å². The Balaban J connectivity index is 1.27. The molecular weight excluding hydrogens is 364 g/mol. The minimum atomic E-state index is -0.472. The molecule has 0 aromatic heterocycles. The van der Waals surface area contributed by atoms with Gasteiger partial charge in [0.05, 0.1) is 13.0 Å². The van der Waals surface area contributed by atoms with Crippen molar-refractivity contribution in [2.75, 3.05) is 26.7 Å². The number of alkyl carbamates (subject to hydrolysis) is 1. The monoisotopic (exact) mass is 398 g/mol. The summed E-state index contributed by atoms with van der Waals surface area (Å²) in [6, 6.07) is 9.29. The summed E-state index contributed by atoms with van der Waals surface area (Å²) >= 11 is 0. The number of piperidine rings is 1. The predicted octanol–water partition coefficient (Wildman–Crippen LogP) is 4.43. The van der Waals surface area contributed by atoms with E-state index in [9.17, 15) is 9.59 Å². The normalized spacial score (nSPS) is 22.1. The molecule has 0 bridgehead atoms. The summed E-state index contributed by atoms with van der Waals surface area (Å²) in [7, 11) is 1.34. The van der Waals surface area contributed by atoms with E-state index < -0.39 is 6.09 Å². The fraction of sp³-hybridized carbons (Fsp3) is 0.667. The van der Waals surface area contributed by atoms with Crippen molar-refractivity contribution in [2.24, 2.45) is 11.3 Å². The van der Waals surface area contributed by atoms with E-state index in [1.807, 2.05) is 11.8 Å². The number of nitrogens with one attached hydrogen (secondary N) is 1. The number of carbonyl (C=O) groups excluding carboxylic acids is 2.